The summed E-state index contributed by atoms with van der Waals surface area (Å²) in [6, 6.07) is 8.14. The lowest BCUT2D eigenvalue weighted by Gasteiger charge is -2.27. The molecule has 0 saturated carbocycles. The van der Waals surface area contributed by atoms with Gasteiger partial charge in [-0.1, -0.05) is 57.5 Å². The summed E-state index contributed by atoms with van der Waals surface area (Å²) in [5, 5.41) is 2.74. The van der Waals surface area contributed by atoms with E-state index in [1.54, 1.807) is 37.3 Å². The van der Waals surface area contributed by atoms with Gasteiger partial charge in [0.1, 0.15) is 17.9 Å². The molecule has 2 heterocycles. The van der Waals surface area contributed by atoms with E-state index in [-0.39, 0.29) is 24.6 Å². The number of benzene rings is 1. The van der Waals surface area contributed by atoms with Gasteiger partial charge < -0.3 is 16.0 Å². The maximum absolute atomic E-state index is 13.4. The number of nitrogens with zero attached hydrogens (tertiary/aromatic N) is 3. The summed E-state index contributed by atoms with van der Waals surface area (Å²) in [5.74, 6) is -1.33. The van der Waals surface area contributed by atoms with Crippen LogP contribution in [0.5, 0.6) is 0 Å². The van der Waals surface area contributed by atoms with Crippen molar-refractivity contribution in [1.82, 2.24) is 19.8 Å². The van der Waals surface area contributed by atoms with E-state index in [1.807, 2.05) is 13.8 Å². The number of rotatable bonds is 10. The lowest BCUT2D eigenvalue weighted by atomic mass is 9.87. The average Bonchev–Trinajstić information content (AvgIpc) is 3.08. The Morgan fingerprint density at radius 3 is 2.34 bits per heavy atom. The Kier molecular flexibility index (Phi) is 7.78. The number of nitrogens with one attached hydrogen (secondary N) is 2. The van der Waals surface area contributed by atoms with E-state index < -0.39 is 41.2 Å². The highest BCUT2D eigenvalue weighted by molar-refractivity contribution is 6.11. The van der Waals surface area contributed by atoms with Crippen LogP contribution in [0.3, 0.4) is 0 Å². The molecule has 1 fully saturated rings. The SMILES string of the molecule is CCCCn1c(N)c(N(CCC)C(=O)CN2C(=O)NC(CC)(c3ccccc3)C2=O)c(=O)[nH]c1=O. The first kappa shape index (κ1) is 25.7. The molecule has 1 aromatic heterocycles. The Bertz CT molecular complexity index is 1220. The number of aromatic amines is 1. The van der Waals surface area contributed by atoms with Gasteiger partial charge >= 0.3 is 11.7 Å². The predicted octanol–water partition coefficient (Wildman–Crippen LogP) is 1.52. The van der Waals surface area contributed by atoms with Crippen LogP contribution in [0.25, 0.3) is 0 Å². The molecule has 188 valence electrons. The molecule has 2 aromatic rings. The molecule has 1 aliphatic heterocycles. The van der Waals surface area contributed by atoms with Crippen LogP contribution in [0, 0.1) is 0 Å². The molecule has 1 saturated heterocycles. The number of H-pyrrole nitrogens is 1. The van der Waals surface area contributed by atoms with Crippen LogP contribution >= 0.6 is 0 Å². The van der Waals surface area contributed by atoms with Gasteiger partial charge in [-0.3, -0.25) is 28.8 Å². The molecule has 0 aliphatic carbocycles. The zero-order valence-corrected chi connectivity index (χ0v) is 20.3. The largest absolute Gasteiger partial charge is 0.383 e. The first-order valence-electron chi connectivity index (χ1n) is 11.8. The number of carbonyl (C=O) groups excluding carboxylic acids is 3. The highest BCUT2D eigenvalue weighted by atomic mass is 16.2. The third-order valence-corrected chi connectivity index (χ3v) is 6.23. The summed E-state index contributed by atoms with van der Waals surface area (Å²) in [7, 11) is 0. The van der Waals surface area contributed by atoms with E-state index in [0.717, 1.165) is 16.2 Å². The van der Waals surface area contributed by atoms with Crippen molar-refractivity contribution >= 4 is 29.4 Å². The van der Waals surface area contributed by atoms with Gasteiger partial charge in [0.25, 0.3) is 11.5 Å². The molecule has 0 spiro atoms. The zero-order valence-electron chi connectivity index (χ0n) is 20.3. The lowest BCUT2D eigenvalue weighted by molar-refractivity contribution is -0.134. The highest BCUT2D eigenvalue weighted by Crippen LogP contribution is 2.32. The van der Waals surface area contributed by atoms with Gasteiger partial charge in [-0.15, -0.1) is 0 Å². The van der Waals surface area contributed by atoms with Crippen molar-refractivity contribution in [1.29, 1.82) is 0 Å². The molecular weight excluding hydrogens is 452 g/mol. The summed E-state index contributed by atoms with van der Waals surface area (Å²) >= 11 is 0. The van der Waals surface area contributed by atoms with Crippen molar-refractivity contribution in [2.75, 3.05) is 23.7 Å². The number of imide groups is 1. The van der Waals surface area contributed by atoms with E-state index in [0.29, 0.717) is 24.8 Å². The molecule has 1 aliphatic rings. The summed E-state index contributed by atoms with van der Waals surface area (Å²) in [6.07, 6.45) is 2.21. The second kappa shape index (κ2) is 10.6. The molecule has 11 nitrogen and oxygen atoms in total. The van der Waals surface area contributed by atoms with Crippen LogP contribution in [0.15, 0.2) is 39.9 Å². The number of hydrogen-bond acceptors (Lipinski definition) is 6. The van der Waals surface area contributed by atoms with Crippen molar-refractivity contribution in [3.05, 3.63) is 56.7 Å². The molecule has 1 unspecified atom stereocenters. The van der Waals surface area contributed by atoms with Crippen LogP contribution in [0.1, 0.15) is 52.0 Å². The van der Waals surface area contributed by atoms with E-state index in [2.05, 4.69) is 10.3 Å². The molecular formula is C24H32N6O5. The lowest BCUT2D eigenvalue weighted by Crippen LogP contribution is -2.48. The normalized spacial score (nSPS) is 17.5. The molecule has 4 amide bonds. The van der Waals surface area contributed by atoms with Gasteiger partial charge in [-0.2, -0.15) is 0 Å². The van der Waals surface area contributed by atoms with Gasteiger partial charge in [-0.05, 0) is 24.8 Å². The number of nitrogens with two attached hydrogens (primary N) is 1. The Hall–Kier alpha value is -3.89. The maximum atomic E-state index is 13.4. The molecule has 4 N–H and O–H groups in total. The number of unbranched alkanes of at least 4 members (excludes halogenated alkanes) is 1. The predicted molar refractivity (Wildman–Crippen MR) is 132 cm³/mol. The first-order valence-corrected chi connectivity index (χ1v) is 11.8. The van der Waals surface area contributed by atoms with Crippen molar-refractivity contribution in [2.45, 2.75) is 58.5 Å². The van der Waals surface area contributed by atoms with Crippen molar-refractivity contribution in [2.24, 2.45) is 0 Å². The second-order valence-corrected chi connectivity index (χ2v) is 8.49. The van der Waals surface area contributed by atoms with Crippen LogP contribution in [-0.4, -0.2) is 45.4 Å². The van der Waals surface area contributed by atoms with Crippen LogP contribution in [0.4, 0.5) is 16.3 Å². The van der Waals surface area contributed by atoms with E-state index in [9.17, 15) is 24.0 Å². The minimum Gasteiger partial charge on any atom is -0.383 e. The van der Waals surface area contributed by atoms with Crippen molar-refractivity contribution in [3.63, 3.8) is 0 Å². The fourth-order valence-corrected chi connectivity index (χ4v) is 4.31. The molecule has 0 bridgehead atoms. The smallest absolute Gasteiger partial charge is 0.330 e. The molecule has 0 radical (unpaired) electrons. The monoisotopic (exact) mass is 484 g/mol. The summed E-state index contributed by atoms with van der Waals surface area (Å²) in [4.78, 5) is 68.8. The average molecular weight is 485 g/mol. The Morgan fingerprint density at radius 2 is 1.74 bits per heavy atom. The summed E-state index contributed by atoms with van der Waals surface area (Å²) in [5.41, 5.74) is 3.91. The number of aromatic nitrogens is 2. The number of amides is 4. The molecule has 1 aromatic carbocycles. The summed E-state index contributed by atoms with van der Waals surface area (Å²) < 4.78 is 1.22. The maximum Gasteiger partial charge on any atom is 0.330 e. The molecule has 11 heteroatoms. The topological polar surface area (TPSA) is 151 Å². The van der Waals surface area contributed by atoms with Crippen molar-refractivity contribution < 1.29 is 14.4 Å². The highest BCUT2D eigenvalue weighted by Gasteiger charge is 2.51. The van der Waals surface area contributed by atoms with Gasteiger partial charge in [0.05, 0.1) is 0 Å². The standard InChI is InChI=1S/C24H32N6O5/c1-4-7-14-29-19(25)18(20(32)26-22(29)34)28(13-5-2)17(31)15-30-21(33)24(6-3,27-23(30)35)16-11-9-8-10-12-16/h8-12H,4-7,13-15,25H2,1-3H3,(H,27,35)(H,26,32,34). The molecule has 3 rings (SSSR count). The number of nitrogen functional groups attached to an aromatic ring is 1. The van der Waals surface area contributed by atoms with Gasteiger partial charge in [-0.25, -0.2) is 9.59 Å². The van der Waals surface area contributed by atoms with E-state index in [1.165, 1.54) is 4.57 Å². The minimum atomic E-state index is -1.28. The minimum absolute atomic E-state index is 0.110. The van der Waals surface area contributed by atoms with Crippen molar-refractivity contribution in [3.8, 4) is 0 Å². The van der Waals surface area contributed by atoms with Gasteiger partial charge in [0.15, 0.2) is 5.69 Å². The Balaban J connectivity index is 1.96. The Morgan fingerprint density at radius 1 is 1.06 bits per heavy atom. The van der Waals surface area contributed by atoms with Crippen LogP contribution < -0.4 is 27.2 Å². The second-order valence-electron chi connectivity index (χ2n) is 8.49. The third-order valence-electron chi connectivity index (χ3n) is 6.23. The third kappa shape index (κ3) is 4.71. The van der Waals surface area contributed by atoms with Crippen LogP contribution in [-0.2, 0) is 21.7 Å². The quantitative estimate of drug-likeness (QED) is 0.435. The van der Waals surface area contributed by atoms with Gasteiger partial charge in [0.2, 0.25) is 5.91 Å². The molecule has 35 heavy (non-hydrogen) atoms. The summed E-state index contributed by atoms with van der Waals surface area (Å²) in [6.45, 7) is 5.35. The van der Waals surface area contributed by atoms with Gasteiger partial charge in [0, 0.05) is 13.1 Å². The Labute approximate surface area is 202 Å². The molecule has 1 atom stereocenters. The number of urea groups is 1. The number of carbonyl (C=O) groups is 3. The van der Waals surface area contributed by atoms with E-state index >= 15 is 0 Å². The fraction of sp³-hybridized carbons (Fsp3) is 0.458. The zero-order chi connectivity index (χ0) is 25.8. The number of hydrogen-bond donors (Lipinski definition) is 3. The van der Waals surface area contributed by atoms with Crippen LogP contribution in [0.2, 0.25) is 0 Å². The van der Waals surface area contributed by atoms with E-state index in [4.69, 9.17) is 5.73 Å². The first-order chi connectivity index (χ1) is 16.7. The fourth-order valence-electron chi connectivity index (χ4n) is 4.31. The number of anilines is 2.